The predicted molar refractivity (Wildman–Crippen MR) is 68.6 cm³/mol. The first-order valence-corrected chi connectivity index (χ1v) is 5.91. The molecule has 1 unspecified atom stereocenters. The van der Waals surface area contributed by atoms with Gasteiger partial charge in [0, 0.05) is 6.04 Å². The van der Waals surface area contributed by atoms with Gasteiger partial charge in [-0.25, -0.2) is 4.98 Å². The molecule has 90 valence electrons. The second-order valence-electron chi connectivity index (χ2n) is 4.46. The topological polar surface area (TPSA) is 63.8 Å². The van der Waals surface area contributed by atoms with E-state index < -0.39 is 0 Å². The minimum absolute atomic E-state index is 0.216. The molecular formula is C11H19ClN4. The van der Waals surface area contributed by atoms with E-state index in [9.17, 15) is 0 Å². The number of anilines is 2. The summed E-state index contributed by atoms with van der Waals surface area (Å²) >= 11 is 5.71. The highest BCUT2D eigenvalue weighted by Crippen LogP contribution is 2.18. The summed E-state index contributed by atoms with van der Waals surface area (Å²) in [5, 5.41) is 3.46. The lowest BCUT2D eigenvalue weighted by Crippen LogP contribution is -2.18. The van der Waals surface area contributed by atoms with Crippen LogP contribution in [0.1, 0.15) is 33.6 Å². The largest absolute Gasteiger partial charge is 0.394 e. The molecule has 16 heavy (non-hydrogen) atoms. The molecule has 0 saturated carbocycles. The number of hydrogen-bond acceptors (Lipinski definition) is 4. The van der Waals surface area contributed by atoms with Gasteiger partial charge in [-0.05, 0) is 37.3 Å². The molecule has 0 amide bonds. The summed E-state index contributed by atoms with van der Waals surface area (Å²) in [6.45, 7) is 6.53. The molecular weight excluding hydrogens is 224 g/mol. The standard InChI is InChI=1S/C11H19ClN4/c1-7(2)4-5-8(3)15-10-9(13)6-14-11(12)16-10/h6-8H,4-5,13H2,1-3H3,(H,14,15,16). The van der Waals surface area contributed by atoms with E-state index in [-0.39, 0.29) is 5.28 Å². The molecule has 4 nitrogen and oxygen atoms in total. The van der Waals surface area contributed by atoms with E-state index in [0.29, 0.717) is 23.5 Å². The van der Waals surface area contributed by atoms with Crippen LogP contribution in [0.2, 0.25) is 5.28 Å². The first-order valence-electron chi connectivity index (χ1n) is 5.53. The third-order valence-electron chi connectivity index (χ3n) is 2.35. The van der Waals surface area contributed by atoms with Crippen molar-refractivity contribution in [3.8, 4) is 0 Å². The Morgan fingerprint density at radius 1 is 1.38 bits per heavy atom. The van der Waals surface area contributed by atoms with Gasteiger partial charge in [0.1, 0.15) is 0 Å². The maximum atomic E-state index is 5.75. The lowest BCUT2D eigenvalue weighted by atomic mass is 10.0. The molecule has 0 aliphatic carbocycles. The van der Waals surface area contributed by atoms with E-state index in [1.54, 1.807) is 0 Å². The Labute approximate surface area is 102 Å². The van der Waals surface area contributed by atoms with Crippen molar-refractivity contribution in [2.24, 2.45) is 5.92 Å². The quantitative estimate of drug-likeness (QED) is 0.780. The van der Waals surface area contributed by atoms with Crippen LogP contribution in [0.3, 0.4) is 0 Å². The van der Waals surface area contributed by atoms with Gasteiger partial charge in [-0.2, -0.15) is 4.98 Å². The first kappa shape index (κ1) is 13.0. The molecule has 5 heteroatoms. The summed E-state index contributed by atoms with van der Waals surface area (Å²) in [4.78, 5) is 7.87. The van der Waals surface area contributed by atoms with Crippen molar-refractivity contribution in [3.05, 3.63) is 11.5 Å². The highest BCUT2D eigenvalue weighted by atomic mass is 35.5. The van der Waals surface area contributed by atoms with E-state index in [1.165, 1.54) is 12.6 Å². The number of rotatable bonds is 5. The Hall–Kier alpha value is -1.03. The summed E-state index contributed by atoms with van der Waals surface area (Å²) < 4.78 is 0. The van der Waals surface area contributed by atoms with Crippen molar-refractivity contribution in [2.75, 3.05) is 11.1 Å². The molecule has 3 N–H and O–H groups in total. The van der Waals surface area contributed by atoms with Gasteiger partial charge in [0.2, 0.25) is 5.28 Å². The van der Waals surface area contributed by atoms with Gasteiger partial charge in [0.15, 0.2) is 5.82 Å². The molecule has 1 aromatic heterocycles. The molecule has 1 aromatic rings. The van der Waals surface area contributed by atoms with Crippen LogP contribution in [0.15, 0.2) is 6.20 Å². The Morgan fingerprint density at radius 2 is 2.06 bits per heavy atom. The Balaban J connectivity index is 2.55. The lowest BCUT2D eigenvalue weighted by molar-refractivity contribution is 0.527. The van der Waals surface area contributed by atoms with E-state index in [1.807, 2.05) is 0 Å². The second kappa shape index (κ2) is 5.89. The molecule has 0 aliphatic heterocycles. The summed E-state index contributed by atoms with van der Waals surface area (Å²) in [6, 6.07) is 0.329. The van der Waals surface area contributed by atoms with Crippen molar-refractivity contribution >= 4 is 23.1 Å². The van der Waals surface area contributed by atoms with E-state index in [2.05, 4.69) is 36.1 Å². The third kappa shape index (κ3) is 4.23. The minimum atomic E-state index is 0.216. The van der Waals surface area contributed by atoms with Crippen LogP contribution in [0.4, 0.5) is 11.5 Å². The molecule has 1 rings (SSSR count). The van der Waals surface area contributed by atoms with Crippen molar-refractivity contribution in [1.29, 1.82) is 0 Å². The Morgan fingerprint density at radius 3 is 2.69 bits per heavy atom. The molecule has 0 saturated heterocycles. The van der Waals surface area contributed by atoms with E-state index in [0.717, 1.165) is 6.42 Å². The summed E-state index contributed by atoms with van der Waals surface area (Å²) in [5.74, 6) is 1.33. The van der Waals surface area contributed by atoms with Crippen LogP contribution >= 0.6 is 11.6 Å². The maximum Gasteiger partial charge on any atom is 0.224 e. The zero-order valence-electron chi connectivity index (χ0n) is 10.00. The average Bonchev–Trinajstić information content (AvgIpc) is 2.20. The van der Waals surface area contributed by atoms with E-state index in [4.69, 9.17) is 17.3 Å². The number of aromatic nitrogens is 2. The molecule has 0 radical (unpaired) electrons. The molecule has 0 fully saturated rings. The normalized spacial score (nSPS) is 12.8. The molecule has 0 aromatic carbocycles. The summed E-state index contributed by atoms with van der Waals surface area (Å²) in [7, 11) is 0. The lowest BCUT2D eigenvalue weighted by Gasteiger charge is -2.16. The van der Waals surface area contributed by atoms with Gasteiger partial charge in [0.25, 0.3) is 0 Å². The number of halogens is 1. The number of nitrogens with zero attached hydrogens (tertiary/aromatic N) is 2. The Kier molecular flexibility index (Phi) is 4.80. The average molecular weight is 243 g/mol. The van der Waals surface area contributed by atoms with E-state index >= 15 is 0 Å². The first-order chi connectivity index (χ1) is 7.49. The molecule has 0 bridgehead atoms. The number of hydrogen-bond donors (Lipinski definition) is 2. The van der Waals surface area contributed by atoms with Crippen molar-refractivity contribution in [3.63, 3.8) is 0 Å². The zero-order valence-corrected chi connectivity index (χ0v) is 10.8. The fourth-order valence-corrected chi connectivity index (χ4v) is 1.51. The molecule has 1 heterocycles. The number of nitrogens with one attached hydrogen (secondary N) is 1. The second-order valence-corrected chi connectivity index (χ2v) is 4.80. The molecule has 0 spiro atoms. The van der Waals surface area contributed by atoms with Gasteiger partial charge in [-0.3, -0.25) is 0 Å². The smallest absolute Gasteiger partial charge is 0.224 e. The van der Waals surface area contributed by atoms with Gasteiger partial charge in [0.05, 0.1) is 11.9 Å². The van der Waals surface area contributed by atoms with Crippen LogP contribution in [0.25, 0.3) is 0 Å². The highest BCUT2D eigenvalue weighted by molar-refractivity contribution is 6.28. The van der Waals surface area contributed by atoms with Crippen molar-refractivity contribution in [1.82, 2.24) is 9.97 Å². The monoisotopic (exact) mass is 242 g/mol. The van der Waals surface area contributed by atoms with Crippen molar-refractivity contribution < 1.29 is 0 Å². The van der Waals surface area contributed by atoms with Crippen LogP contribution in [0, 0.1) is 5.92 Å². The fraction of sp³-hybridized carbons (Fsp3) is 0.636. The van der Waals surface area contributed by atoms with Crippen LogP contribution in [-0.2, 0) is 0 Å². The number of nitrogens with two attached hydrogens (primary N) is 1. The SMILES string of the molecule is CC(C)CCC(C)Nc1nc(Cl)ncc1N. The van der Waals surface area contributed by atoms with Gasteiger partial charge < -0.3 is 11.1 Å². The predicted octanol–water partition coefficient (Wildman–Crippen LogP) is 2.95. The fourth-order valence-electron chi connectivity index (χ4n) is 1.37. The van der Waals surface area contributed by atoms with Crippen molar-refractivity contribution in [2.45, 2.75) is 39.7 Å². The van der Waals surface area contributed by atoms with Crippen LogP contribution in [-0.4, -0.2) is 16.0 Å². The zero-order chi connectivity index (χ0) is 12.1. The summed E-state index contributed by atoms with van der Waals surface area (Å²) in [5.41, 5.74) is 6.28. The minimum Gasteiger partial charge on any atom is -0.394 e. The van der Waals surface area contributed by atoms with Gasteiger partial charge in [-0.1, -0.05) is 13.8 Å². The Bertz CT molecular complexity index is 341. The molecule has 1 atom stereocenters. The van der Waals surface area contributed by atoms with Gasteiger partial charge >= 0.3 is 0 Å². The van der Waals surface area contributed by atoms with Crippen LogP contribution in [0.5, 0.6) is 0 Å². The third-order valence-corrected chi connectivity index (χ3v) is 2.53. The summed E-state index contributed by atoms with van der Waals surface area (Å²) in [6.07, 6.45) is 3.78. The number of nitrogen functional groups attached to an aromatic ring is 1. The van der Waals surface area contributed by atoms with Gasteiger partial charge in [-0.15, -0.1) is 0 Å². The van der Waals surface area contributed by atoms with Crippen LogP contribution < -0.4 is 11.1 Å². The maximum absolute atomic E-state index is 5.75. The highest BCUT2D eigenvalue weighted by Gasteiger charge is 2.08. The molecule has 0 aliphatic rings.